The van der Waals surface area contributed by atoms with Gasteiger partial charge in [0.1, 0.15) is 5.70 Å². The average molecular weight is 564 g/mol. The van der Waals surface area contributed by atoms with Gasteiger partial charge in [0.15, 0.2) is 11.5 Å². The molecule has 0 atom stereocenters. The number of carbonyl (C=O) groups is 2. The number of rotatable bonds is 10. The average Bonchev–Trinajstić information content (AvgIpc) is 3.41. The standard InChI is InChI=1S/C28H26ClN5O6/c1-3-33(4-2)20-11-9-18(10-12-20)13-23(31-27(35)21-7-5-6-8-22(21)29)28(36)32-30-16-19-14-25-26(40-17-39-25)15-24(19)34(37)38/h5-16H,3-4,17H2,1-2H3,(H,31,35)(H,32,36). The SMILES string of the molecule is CCN(CC)c1ccc(C=C(NC(=O)c2ccccc2Cl)C(=O)NN=Cc2cc3c(cc2[N+](=O)[O-])OCO3)cc1. The lowest BCUT2D eigenvalue weighted by Crippen LogP contribution is -2.33. The highest BCUT2D eigenvalue weighted by molar-refractivity contribution is 6.34. The van der Waals surface area contributed by atoms with Crippen molar-refractivity contribution in [2.24, 2.45) is 5.10 Å². The van der Waals surface area contributed by atoms with E-state index in [-0.39, 0.29) is 40.1 Å². The van der Waals surface area contributed by atoms with E-state index < -0.39 is 16.7 Å². The Hall–Kier alpha value is -4.90. The number of nitrogens with zero attached hydrogens (tertiary/aromatic N) is 3. The Morgan fingerprint density at radius 2 is 1.75 bits per heavy atom. The van der Waals surface area contributed by atoms with Gasteiger partial charge in [0.2, 0.25) is 6.79 Å². The van der Waals surface area contributed by atoms with E-state index in [0.717, 1.165) is 25.0 Å². The maximum absolute atomic E-state index is 13.1. The minimum absolute atomic E-state index is 0.0565. The first-order chi connectivity index (χ1) is 19.3. The first-order valence-electron chi connectivity index (χ1n) is 12.3. The van der Waals surface area contributed by atoms with Crippen LogP contribution in [0.3, 0.4) is 0 Å². The Labute approximate surface area is 235 Å². The van der Waals surface area contributed by atoms with Crippen molar-refractivity contribution in [1.82, 2.24) is 10.7 Å². The topological polar surface area (TPSA) is 135 Å². The zero-order chi connectivity index (χ0) is 28.6. The highest BCUT2D eigenvalue weighted by Gasteiger charge is 2.23. The molecule has 2 amide bonds. The molecule has 1 aliphatic heterocycles. The molecule has 0 saturated carbocycles. The van der Waals surface area contributed by atoms with E-state index in [0.29, 0.717) is 11.3 Å². The number of anilines is 1. The molecule has 3 aromatic carbocycles. The number of fused-ring (bicyclic) bond motifs is 1. The highest BCUT2D eigenvalue weighted by atomic mass is 35.5. The van der Waals surface area contributed by atoms with E-state index in [1.54, 1.807) is 18.2 Å². The molecule has 12 heteroatoms. The Balaban J connectivity index is 1.60. The van der Waals surface area contributed by atoms with Crippen LogP contribution >= 0.6 is 11.6 Å². The summed E-state index contributed by atoms with van der Waals surface area (Å²) in [7, 11) is 0. The van der Waals surface area contributed by atoms with Gasteiger partial charge in [-0.3, -0.25) is 19.7 Å². The quantitative estimate of drug-likeness (QED) is 0.157. The van der Waals surface area contributed by atoms with Crippen LogP contribution in [0.4, 0.5) is 11.4 Å². The summed E-state index contributed by atoms with van der Waals surface area (Å²) in [5.74, 6) is -0.790. The molecular formula is C28H26ClN5O6. The van der Waals surface area contributed by atoms with Crippen LogP contribution in [0.25, 0.3) is 6.08 Å². The van der Waals surface area contributed by atoms with Crippen molar-refractivity contribution in [3.8, 4) is 11.5 Å². The molecule has 11 nitrogen and oxygen atoms in total. The fourth-order valence-electron chi connectivity index (χ4n) is 3.96. The van der Waals surface area contributed by atoms with Crippen molar-refractivity contribution in [3.05, 3.63) is 98.2 Å². The zero-order valence-corrected chi connectivity index (χ0v) is 22.5. The van der Waals surface area contributed by atoms with Gasteiger partial charge in [0.05, 0.1) is 33.4 Å². The van der Waals surface area contributed by atoms with E-state index in [4.69, 9.17) is 21.1 Å². The first-order valence-corrected chi connectivity index (χ1v) is 12.7. The number of carbonyl (C=O) groups excluding carboxylic acids is 2. The normalized spacial score (nSPS) is 12.3. The number of hydrogen-bond donors (Lipinski definition) is 2. The molecule has 1 aliphatic rings. The lowest BCUT2D eigenvalue weighted by atomic mass is 10.1. The lowest BCUT2D eigenvalue weighted by molar-refractivity contribution is -0.385. The molecule has 0 aliphatic carbocycles. The molecule has 1 heterocycles. The second-order valence-electron chi connectivity index (χ2n) is 8.48. The Morgan fingerprint density at radius 3 is 2.40 bits per heavy atom. The lowest BCUT2D eigenvalue weighted by Gasteiger charge is -2.21. The molecule has 0 radical (unpaired) electrons. The second kappa shape index (κ2) is 12.8. The zero-order valence-electron chi connectivity index (χ0n) is 21.7. The van der Waals surface area contributed by atoms with Gasteiger partial charge < -0.3 is 19.7 Å². The molecule has 0 spiro atoms. The van der Waals surface area contributed by atoms with Gasteiger partial charge in [-0.1, -0.05) is 35.9 Å². The van der Waals surface area contributed by atoms with Gasteiger partial charge >= 0.3 is 0 Å². The summed E-state index contributed by atoms with van der Waals surface area (Å²) >= 11 is 6.17. The monoisotopic (exact) mass is 563 g/mol. The first kappa shape index (κ1) is 28.1. The Kier molecular flexibility index (Phi) is 8.97. The van der Waals surface area contributed by atoms with Crippen LogP contribution in [-0.2, 0) is 4.79 Å². The van der Waals surface area contributed by atoms with Crippen molar-refractivity contribution in [2.45, 2.75) is 13.8 Å². The van der Waals surface area contributed by atoms with E-state index in [1.807, 2.05) is 24.3 Å². The molecule has 0 aromatic heterocycles. The number of halogens is 1. The van der Waals surface area contributed by atoms with E-state index in [9.17, 15) is 19.7 Å². The summed E-state index contributed by atoms with van der Waals surface area (Å²) in [6, 6.07) is 16.5. The van der Waals surface area contributed by atoms with Gasteiger partial charge in [-0.05, 0) is 55.8 Å². The molecule has 0 unspecified atom stereocenters. The minimum atomic E-state index is -0.757. The second-order valence-corrected chi connectivity index (χ2v) is 8.88. The van der Waals surface area contributed by atoms with Crippen molar-refractivity contribution in [1.29, 1.82) is 0 Å². The van der Waals surface area contributed by atoms with Gasteiger partial charge in [-0.2, -0.15) is 5.10 Å². The van der Waals surface area contributed by atoms with Crippen molar-refractivity contribution < 1.29 is 24.0 Å². The largest absolute Gasteiger partial charge is 0.454 e. The number of ether oxygens (including phenoxy) is 2. The summed E-state index contributed by atoms with van der Waals surface area (Å²) < 4.78 is 10.5. The van der Waals surface area contributed by atoms with Crippen LogP contribution < -0.4 is 25.1 Å². The Bertz CT molecular complexity index is 1490. The molecule has 0 bridgehead atoms. The third-order valence-electron chi connectivity index (χ3n) is 6.03. The smallest absolute Gasteiger partial charge is 0.287 e. The van der Waals surface area contributed by atoms with Gasteiger partial charge in [-0.15, -0.1) is 0 Å². The summed E-state index contributed by atoms with van der Waals surface area (Å²) in [5, 5.41) is 18.2. The molecular weight excluding hydrogens is 538 g/mol. The van der Waals surface area contributed by atoms with Crippen molar-refractivity contribution in [2.75, 3.05) is 24.8 Å². The number of nitro groups is 1. The molecule has 2 N–H and O–H groups in total. The van der Waals surface area contributed by atoms with Crippen LogP contribution in [0.1, 0.15) is 35.3 Å². The van der Waals surface area contributed by atoms with Crippen LogP contribution in [0.2, 0.25) is 5.02 Å². The fourth-order valence-corrected chi connectivity index (χ4v) is 4.18. The van der Waals surface area contributed by atoms with Gasteiger partial charge in [0.25, 0.3) is 17.5 Å². The third-order valence-corrected chi connectivity index (χ3v) is 6.36. The summed E-state index contributed by atoms with van der Waals surface area (Å²) in [5.41, 5.74) is 3.86. The third kappa shape index (κ3) is 6.56. The Morgan fingerprint density at radius 1 is 1.07 bits per heavy atom. The molecule has 0 fully saturated rings. The van der Waals surface area contributed by atoms with Gasteiger partial charge in [-0.25, -0.2) is 5.43 Å². The summed E-state index contributed by atoms with van der Waals surface area (Å²) in [4.78, 5) is 39.2. The molecule has 0 saturated heterocycles. The van der Waals surface area contributed by atoms with E-state index >= 15 is 0 Å². The van der Waals surface area contributed by atoms with Gasteiger partial charge in [0, 0.05) is 18.8 Å². The summed E-state index contributed by atoms with van der Waals surface area (Å²) in [6.45, 7) is 5.74. The maximum atomic E-state index is 13.1. The number of hydrogen-bond acceptors (Lipinski definition) is 8. The number of amides is 2. The van der Waals surface area contributed by atoms with E-state index in [2.05, 4.69) is 34.6 Å². The van der Waals surface area contributed by atoms with E-state index in [1.165, 1.54) is 24.3 Å². The number of nitrogens with one attached hydrogen (secondary N) is 2. The van der Waals surface area contributed by atoms with Crippen LogP contribution in [0.15, 0.2) is 71.5 Å². The van der Waals surface area contributed by atoms with Crippen molar-refractivity contribution >= 4 is 47.1 Å². The number of nitro benzene ring substituents is 1. The molecule has 3 aromatic rings. The van der Waals surface area contributed by atoms with Crippen LogP contribution in [-0.4, -0.2) is 42.8 Å². The van der Waals surface area contributed by atoms with Crippen LogP contribution in [0.5, 0.6) is 11.5 Å². The summed E-state index contributed by atoms with van der Waals surface area (Å²) in [6.07, 6.45) is 2.61. The molecule has 206 valence electrons. The fraction of sp³-hybridized carbons (Fsp3) is 0.179. The predicted octanol–water partition coefficient (Wildman–Crippen LogP) is 4.74. The number of hydrazone groups is 1. The predicted molar refractivity (Wildman–Crippen MR) is 152 cm³/mol. The van der Waals surface area contributed by atoms with Crippen molar-refractivity contribution in [3.63, 3.8) is 0 Å². The number of benzene rings is 3. The minimum Gasteiger partial charge on any atom is -0.454 e. The molecule has 4 rings (SSSR count). The van der Waals surface area contributed by atoms with Crippen LogP contribution in [0, 0.1) is 10.1 Å². The molecule has 40 heavy (non-hydrogen) atoms. The maximum Gasteiger partial charge on any atom is 0.287 e. The highest BCUT2D eigenvalue weighted by Crippen LogP contribution is 2.37.